The van der Waals surface area contributed by atoms with E-state index in [0.717, 1.165) is 32.4 Å². The third-order valence-electron chi connectivity index (χ3n) is 4.10. The van der Waals surface area contributed by atoms with Crippen molar-refractivity contribution in [1.29, 1.82) is 0 Å². The molecule has 0 aliphatic carbocycles. The third kappa shape index (κ3) is 1.81. The number of benzene rings is 1. The van der Waals surface area contributed by atoms with Crippen molar-refractivity contribution in [3.63, 3.8) is 0 Å². The molecule has 3 rings (SSSR count). The number of nitrogens with zero attached hydrogens (tertiary/aromatic N) is 1. The van der Waals surface area contributed by atoms with Crippen molar-refractivity contribution < 1.29 is 9.18 Å². The van der Waals surface area contributed by atoms with Crippen LogP contribution in [0.1, 0.15) is 19.3 Å². The zero-order valence-corrected chi connectivity index (χ0v) is 10.3. The van der Waals surface area contributed by atoms with E-state index in [0.29, 0.717) is 12.2 Å². The highest BCUT2D eigenvalue weighted by molar-refractivity contribution is 6.00. The summed E-state index contributed by atoms with van der Waals surface area (Å²) >= 11 is 0. The van der Waals surface area contributed by atoms with Crippen molar-refractivity contribution in [2.24, 2.45) is 5.41 Å². The van der Waals surface area contributed by atoms with E-state index in [1.165, 1.54) is 12.1 Å². The molecule has 2 aliphatic heterocycles. The predicted molar refractivity (Wildman–Crippen MR) is 67.9 cm³/mol. The molecule has 96 valence electrons. The number of hydrogen-bond donors (Lipinski definition) is 1. The van der Waals surface area contributed by atoms with Gasteiger partial charge in [0.25, 0.3) is 0 Å². The Bertz CT molecular complexity index is 469. The van der Waals surface area contributed by atoms with E-state index in [9.17, 15) is 9.18 Å². The van der Waals surface area contributed by atoms with Crippen molar-refractivity contribution in [3.8, 4) is 0 Å². The Morgan fingerprint density at radius 2 is 2.22 bits per heavy atom. The molecule has 1 spiro atoms. The van der Waals surface area contributed by atoms with Crippen LogP contribution in [0.2, 0.25) is 0 Å². The van der Waals surface area contributed by atoms with Crippen LogP contribution >= 0.6 is 0 Å². The van der Waals surface area contributed by atoms with Crippen LogP contribution in [0.4, 0.5) is 10.1 Å². The monoisotopic (exact) mass is 248 g/mol. The van der Waals surface area contributed by atoms with E-state index in [1.807, 2.05) is 0 Å². The summed E-state index contributed by atoms with van der Waals surface area (Å²) in [4.78, 5) is 14.3. The zero-order valence-electron chi connectivity index (χ0n) is 10.3. The van der Waals surface area contributed by atoms with Crippen LogP contribution in [-0.2, 0) is 4.79 Å². The molecule has 0 saturated carbocycles. The van der Waals surface area contributed by atoms with Gasteiger partial charge in [0.2, 0.25) is 5.91 Å². The molecule has 18 heavy (non-hydrogen) atoms. The largest absolute Gasteiger partial charge is 0.316 e. The van der Waals surface area contributed by atoms with E-state index in [4.69, 9.17) is 0 Å². The number of halogens is 1. The number of piperidine rings is 1. The Kier molecular flexibility index (Phi) is 2.82. The Morgan fingerprint density at radius 1 is 1.33 bits per heavy atom. The lowest BCUT2D eigenvalue weighted by molar-refractivity contribution is -0.126. The van der Waals surface area contributed by atoms with Gasteiger partial charge in [-0.05, 0) is 44.0 Å². The smallest absolute Gasteiger partial charge is 0.234 e. The van der Waals surface area contributed by atoms with Crippen molar-refractivity contribution in [3.05, 3.63) is 30.1 Å². The van der Waals surface area contributed by atoms with E-state index in [1.54, 1.807) is 17.0 Å². The first-order chi connectivity index (χ1) is 8.71. The molecular formula is C14H17FN2O. The molecule has 0 aromatic heterocycles. The maximum atomic E-state index is 13.2. The lowest BCUT2D eigenvalue weighted by Gasteiger charge is -2.32. The van der Waals surface area contributed by atoms with Gasteiger partial charge in [-0.2, -0.15) is 0 Å². The summed E-state index contributed by atoms with van der Waals surface area (Å²) in [5.74, 6) is -0.136. The average Bonchev–Trinajstić information content (AvgIpc) is 2.68. The van der Waals surface area contributed by atoms with Crippen molar-refractivity contribution in [2.45, 2.75) is 19.3 Å². The minimum absolute atomic E-state index is 0.153. The van der Waals surface area contributed by atoms with Gasteiger partial charge in [0, 0.05) is 18.8 Å². The van der Waals surface area contributed by atoms with Crippen LogP contribution in [0.3, 0.4) is 0 Å². The lowest BCUT2D eigenvalue weighted by atomic mass is 9.79. The summed E-state index contributed by atoms with van der Waals surface area (Å²) in [7, 11) is 0. The molecular weight excluding hydrogens is 231 g/mol. The number of rotatable bonds is 1. The van der Waals surface area contributed by atoms with Gasteiger partial charge in [0.1, 0.15) is 5.82 Å². The maximum Gasteiger partial charge on any atom is 0.234 e. The second kappa shape index (κ2) is 4.35. The molecule has 1 unspecified atom stereocenters. The summed E-state index contributed by atoms with van der Waals surface area (Å²) in [6, 6.07) is 6.30. The summed E-state index contributed by atoms with van der Waals surface area (Å²) in [5.41, 5.74) is 0.437. The molecule has 2 heterocycles. The first-order valence-electron chi connectivity index (χ1n) is 6.50. The number of carbonyl (C=O) groups excluding carboxylic acids is 1. The molecule has 4 heteroatoms. The van der Waals surface area contributed by atoms with Crippen LogP contribution in [0, 0.1) is 11.2 Å². The van der Waals surface area contributed by atoms with E-state index < -0.39 is 0 Å². The SMILES string of the molecule is O=C1N(c2cccc(F)c2)CCC12CCCNC2. The number of amides is 1. The standard InChI is InChI=1S/C14H17FN2O/c15-11-3-1-4-12(9-11)17-8-6-14(13(17)18)5-2-7-16-10-14/h1,3-4,9,16H,2,5-8,10H2. The topological polar surface area (TPSA) is 32.3 Å². The second-order valence-electron chi connectivity index (χ2n) is 5.25. The third-order valence-corrected chi connectivity index (χ3v) is 4.10. The highest BCUT2D eigenvalue weighted by Gasteiger charge is 2.47. The number of hydrogen-bond acceptors (Lipinski definition) is 2. The summed E-state index contributed by atoms with van der Waals surface area (Å²) in [6.45, 7) is 2.45. The van der Waals surface area contributed by atoms with Gasteiger partial charge in [0.15, 0.2) is 0 Å². The number of anilines is 1. The zero-order chi connectivity index (χ0) is 12.6. The Morgan fingerprint density at radius 3 is 2.94 bits per heavy atom. The second-order valence-corrected chi connectivity index (χ2v) is 5.25. The van der Waals surface area contributed by atoms with Gasteiger partial charge >= 0.3 is 0 Å². The highest BCUT2D eigenvalue weighted by Crippen LogP contribution is 2.39. The van der Waals surface area contributed by atoms with Crippen LogP contribution in [0.25, 0.3) is 0 Å². The number of nitrogens with one attached hydrogen (secondary N) is 1. The molecule has 1 aromatic carbocycles. The molecule has 2 fully saturated rings. The number of carbonyl (C=O) groups is 1. The normalized spacial score (nSPS) is 28.1. The minimum Gasteiger partial charge on any atom is -0.316 e. The molecule has 0 radical (unpaired) electrons. The fourth-order valence-corrected chi connectivity index (χ4v) is 3.07. The van der Waals surface area contributed by atoms with Gasteiger partial charge in [-0.25, -0.2) is 4.39 Å². The van der Waals surface area contributed by atoms with Gasteiger partial charge in [-0.15, -0.1) is 0 Å². The molecule has 1 N–H and O–H groups in total. The van der Waals surface area contributed by atoms with E-state index in [2.05, 4.69) is 5.32 Å². The molecule has 3 nitrogen and oxygen atoms in total. The molecule has 1 aromatic rings. The van der Waals surface area contributed by atoms with Crippen LogP contribution in [0.5, 0.6) is 0 Å². The van der Waals surface area contributed by atoms with Crippen LogP contribution < -0.4 is 10.2 Å². The van der Waals surface area contributed by atoms with Crippen molar-refractivity contribution in [1.82, 2.24) is 5.32 Å². The van der Waals surface area contributed by atoms with E-state index in [-0.39, 0.29) is 17.1 Å². The van der Waals surface area contributed by atoms with Gasteiger partial charge in [-0.1, -0.05) is 6.07 Å². The first kappa shape index (κ1) is 11.7. The van der Waals surface area contributed by atoms with Gasteiger partial charge < -0.3 is 10.2 Å². The average molecular weight is 248 g/mol. The molecule has 2 saturated heterocycles. The minimum atomic E-state index is -0.289. The summed E-state index contributed by atoms with van der Waals surface area (Å²) in [6.07, 6.45) is 2.86. The van der Waals surface area contributed by atoms with Crippen molar-refractivity contribution in [2.75, 3.05) is 24.5 Å². The molecule has 1 atom stereocenters. The van der Waals surface area contributed by atoms with Crippen LogP contribution in [0.15, 0.2) is 24.3 Å². The molecule has 2 aliphatic rings. The van der Waals surface area contributed by atoms with Gasteiger partial charge in [-0.3, -0.25) is 4.79 Å². The predicted octanol–water partition coefficient (Wildman–Crippen LogP) is 1.93. The van der Waals surface area contributed by atoms with E-state index >= 15 is 0 Å². The van der Waals surface area contributed by atoms with Crippen molar-refractivity contribution >= 4 is 11.6 Å². The molecule has 1 amide bonds. The summed E-state index contributed by atoms with van der Waals surface area (Å²) < 4.78 is 13.2. The molecule has 0 bridgehead atoms. The van der Waals surface area contributed by atoms with Gasteiger partial charge in [0.05, 0.1) is 5.41 Å². The quantitative estimate of drug-likeness (QED) is 0.823. The maximum absolute atomic E-state index is 13.2. The fraction of sp³-hybridized carbons (Fsp3) is 0.500. The Balaban J connectivity index is 1.86. The fourth-order valence-electron chi connectivity index (χ4n) is 3.07. The Labute approximate surface area is 106 Å². The first-order valence-corrected chi connectivity index (χ1v) is 6.50. The van der Waals surface area contributed by atoms with Crippen LogP contribution in [-0.4, -0.2) is 25.5 Å². The summed E-state index contributed by atoms with van der Waals surface area (Å²) in [5, 5.41) is 3.31. The highest BCUT2D eigenvalue weighted by atomic mass is 19.1. The Hall–Kier alpha value is -1.42. The lowest BCUT2D eigenvalue weighted by Crippen LogP contribution is -2.45.